The average Bonchev–Trinajstić information content (AvgIpc) is 3.44. The third kappa shape index (κ3) is 61.6. The molecule has 6 nitrogen and oxygen atoms in total. The molecule has 436 valence electrons. The first kappa shape index (κ1) is 72.8. The highest BCUT2D eigenvalue weighted by molar-refractivity contribution is 5.71. The van der Waals surface area contributed by atoms with Crippen LogP contribution in [0, 0.1) is 0 Å². The molecule has 0 radical (unpaired) electrons. The lowest BCUT2D eigenvalue weighted by atomic mass is 10.1. The van der Waals surface area contributed by atoms with Gasteiger partial charge in [-0.05, 0) is 148 Å². The maximum Gasteiger partial charge on any atom is 0.306 e. The maximum absolute atomic E-state index is 12.9. The van der Waals surface area contributed by atoms with E-state index in [0.717, 1.165) is 167 Å². The zero-order valence-electron chi connectivity index (χ0n) is 49.9. The number of unbranched alkanes of at least 4 members (excludes halogenated alkanes) is 15. The minimum atomic E-state index is -0.829. The zero-order valence-corrected chi connectivity index (χ0v) is 49.9. The molecular weight excluding hydrogens is 961 g/mol. The molecule has 0 aliphatic carbocycles. The molecule has 6 heteroatoms. The highest BCUT2D eigenvalue weighted by atomic mass is 16.6. The minimum Gasteiger partial charge on any atom is -0.462 e. The molecule has 1 unspecified atom stereocenters. The van der Waals surface area contributed by atoms with Gasteiger partial charge in [-0.2, -0.15) is 0 Å². The first-order valence-electron chi connectivity index (χ1n) is 31.1. The van der Waals surface area contributed by atoms with Crippen molar-refractivity contribution in [2.75, 3.05) is 13.2 Å². The molecular formula is C72H112O6. The summed E-state index contributed by atoms with van der Waals surface area (Å²) in [6, 6.07) is 0. The number of hydrogen-bond acceptors (Lipinski definition) is 6. The average molecular weight is 1070 g/mol. The van der Waals surface area contributed by atoms with Crippen LogP contribution in [0.3, 0.4) is 0 Å². The monoisotopic (exact) mass is 1070 g/mol. The van der Waals surface area contributed by atoms with E-state index in [9.17, 15) is 14.4 Å². The Morgan fingerprint density at radius 1 is 0.269 bits per heavy atom. The molecule has 0 heterocycles. The zero-order chi connectivity index (χ0) is 56.4. The number of hydrogen-bond donors (Lipinski definition) is 0. The predicted molar refractivity (Wildman–Crippen MR) is 338 cm³/mol. The van der Waals surface area contributed by atoms with Gasteiger partial charge in [-0.3, -0.25) is 14.4 Å². The van der Waals surface area contributed by atoms with Crippen molar-refractivity contribution in [3.05, 3.63) is 170 Å². The molecule has 0 aliphatic heterocycles. The van der Waals surface area contributed by atoms with Gasteiger partial charge in [0.25, 0.3) is 0 Å². The van der Waals surface area contributed by atoms with Crippen molar-refractivity contribution in [2.45, 2.75) is 252 Å². The Balaban J connectivity index is 4.58. The van der Waals surface area contributed by atoms with E-state index in [4.69, 9.17) is 14.2 Å². The summed E-state index contributed by atoms with van der Waals surface area (Å²) in [7, 11) is 0. The van der Waals surface area contributed by atoms with Crippen LogP contribution < -0.4 is 0 Å². The Hall–Kier alpha value is -5.23. The molecule has 0 bridgehead atoms. The van der Waals surface area contributed by atoms with Crippen molar-refractivity contribution in [2.24, 2.45) is 0 Å². The second kappa shape index (κ2) is 64.3. The van der Waals surface area contributed by atoms with E-state index in [1.165, 1.54) is 32.1 Å². The molecule has 0 saturated carbocycles. The second-order valence-electron chi connectivity index (χ2n) is 19.8. The van der Waals surface area contributed by atoms with Gasteiger partial charge < -0.3 is 14.2 Å². The van der Waals surface area contributed by atoms with Crippen molar-refractivity contribution in [1.29, 1.82) is 0 Å². The lowest BCUT2D eigenvalue weighted by Crippen LogP contribution is -2.30. The number of carbonyl (C=O) groups excluding carboxylic acids is 3. The van der Waals surface area contributed by atoms with Gasteiger partial charge in [0, 0.05) is 19.3 Å². The molecule has 0 amide bonds. The van der Waals surface area contributed by atoms with Gasteiger partial charge in [-0.1, -0.05) is 249 Å². The molecule has 0 aromatic carbocycles. The molecule has 0 aromatic rings. The van der Waals surface area contributed by atoms with Gasteiger partial charge in [-0.25, -0.2) is 0 Å². The van der Waals surface area contributed by atoms with Crippen molar-refractivity contribution in [3.63, 3.8) is 0 Å². The summed E-state index contributed by atoms with van der Waals surface area (Å²) in [6.45, 7) is 6.31. The number of ether oxygens (including phenoxy) is 3. The maximum atomic E-state index is 12.9. The van der Waals surface area contributed by atoms with E-state index in [1.54, 1.807) is 0 Å². The fraction of sp³-hybridized carbons (Fsp3) is 0.569. The first-order chi connectivity index (χ1) is 38.5. The third-order valence-corrected chi connectivity index (χ3v) is 12.4. The Morgan fingerprint density at radius 3 is 0.833 bits per heavy atom. The van der Waals surface area contributed by atoms with Crippen molar-refractivity contribution in [1.82, 2.24) is 0 Å². The summed E-state index contributed by atoms with van der Waals surface area (Å²) in [5.41, 5.74) is 0. The highest BCUT2D eigenvalue weighted by Crippen LogP contribution is 2.13. The van der Waals surface area contributed by atoms with E-state index in [-0.39, 0.29) is 44.0 Å². The van der Waals surface area contributed by atoms with Crippen LogP contribution >= 0.6 is 0 Å². The van der Waals surface area contributed by atoms with Crippen LogP contribution in [0.15, 0.2) is 170 Å². The van der Waals surface area contributed by atoms with Gasteiger partial charge >= 0.3 is 17.9 Å². The van der Waals surface area contributed by atoms with Crippen LogP contribution in [0.4, 0.5) is 0 Å². The minimum absolute atomic E-state index is 0.120. The van der Waals surface area contributed by atoms with Crippen molar-refractivity contribution in [3.8, 4) is 0 Å². The third-order valence-electron chi connectivity index (χ3n) is 12.4. The number of carbonyl (C=O) groups is 3. The summed E-state index contributed by atoms with van der Waals surface area (Å²) in [5.74, 6) is -1.02. The van der Waals surface area contributed by atoms with Crippen LogP contribution in [0.2, 0.25) is 0 Å². The van der Waals surface area contributed by atoms with Crippen LogP contribution in [0.1, 0.15) is 245 Å². The summed E-state index contributed by atoms with van der Waals surface area (Å²) < 4.78 is 16.8. The summed E-state index contributed by atoms with van der Waals surface area (Å²) in [5, 5.41) is 0. The molecule has 1 atom stereocenters. The van der Waals surface area contributed by atoms with E-state index >= 15 is 0 Å². The van der Waals surface area contributed by atoms with Crippen LogP contribution in [0.25, 0.3) is 0 Å². The quantitative estimate of drug-likeness (QED) is 0.0261. The van der Waals surface area contributed by atoms with Crippen molar-refractivity contribution < 1.29 is 28.6 Å². The highest BCUT2D eigenvalue weighted by Gasteiger charge is 2.19. The smallest absolute Gasteiger partial charge is 0.306 e. The molecule has 0 rings (SSSR count). The van der Waals surface area contributed by atoms with Crippen LogP contribution in [0.5, 0.6) is 0 Å². The normalized spacial score (nSPS) is 13.3. The molecule has 78 heavy (non-hydrogen) atoms. The first-order valence-corrected chi connectivity index (χ1v) is 31.1. The van der Waals surface area contributed by atoms with Crippen molar-refractivity contribution >= 4 is 17.9 Å². The SMILES string of the molecule is CC/C=C\C/C=C\C/C=C\C/C=C\C/C=C\C/C=C\C/C=C\CCCC(=O)OCC(COC(=O)CCCCCCC/C=C\C/C=C\CCCCCC)OC(=O)CCCCCCC/C=C\C/C=C\C/C=C\C/C=C\C/C=C\CC. The lowest BCUT2D eigenvalue weighted by molar-refractivity contribution is -0.167. The molecule has 0 fully saturated rings. The molecule has 0 aliphatic rings. The predicted octanol–water partition coefficient (Wildman–Crippen LogP) is 21.5. The summed E-state index contributed by atoms with van der Waals surface area (Å²) >= 11 is 0. The Bertz CT molecular complexity index is 1810. The lowest BCUT2D eigenvalue weighted by Gasteiger charge is -2.18. The van der Waals surface area contributed by atoms with Crippen LogP contribution in [-0.2, 0) is 28.6 Å². The largest absolute Gasteiger partial charge is 0.462 e. The Labute approximate surface area is 479 Å². The molecule has 0 N–H and O–H groups in total. The van der Waals surface area contributed by atoms with Gasteiger partial charge in [0.2, 0.25) is 0 Å². The standard InChI is InChI=1S/C72H112O6/c1-4-7-10-13-16-19-22-25-28-31-33-35-36-38-39-41-44-47-50-53-56-59-62-65-71(74)77-68-69(67-76-70(73)64-61-58-55-52-49-46-43-30-27-24-21-18-15-12-9-6-3)78-72(75)66-63-60-57-54-51-48-45-42-40-37-34-32-29-26-23-20-17-14-11-8-5-2/h7-8,10-11,16-17,19-21,24-26,28-30,33-35,37-39,42-45,47,53,56,69H,4-6,9,12-15,18,22-23,27,31-32,36,40-41,46,48-52,54-55,57-68H2,1-3H3/b10-7-,11-8-,19-16-,20-17-,24-21-,28-25-,29-26-,35-33-,37-34-,39-38-,43-30-,45-42-,47-44-,56-53-. The fourth-order valence-corrected chi connectivity index (χ4v) is 7.84. The van der Waals surface area contributed by atoms with E-state index < -0.39 is 6.10 Å². The molecule has 0 saturated heterocycles. The van der Waals surface area contributed by atoms with Gasteiger partial charge in [0.1, 0.15) is 13.2 Å². The number of allylic oxidation sites excluding steroid dienone is 28. The topological polar surface area (TPSA) is 78.9 Å². The molecule has 0 spiro atoms. The molecule has 0 aromatic heterocycles. The number of esters is 3. The fourth-order valence-electron chi connectivity index (χ4n) is 7.84. The second-order valence-corrected chi connectivity index (χ2v) is 19.8. The summed E-state index contributed by atoms with van der Waals surface area (Å²) in [6.07, 6.45) is 94.9. The Morgan fingerprint density at radius 2 is 0.513 bits per heavy atom. The van der Waals surface area contributed by atoms with Gasteiger partial charge in [0.15, 0.2) is 6.10 Å². The van der Waals surface area contributed by atoms with Crippen LogP contribution in [-0.4, -0.2) is 37.2 Å². The van der Waals surface area contributed by atoms with E-state index in [0.29, 0.717) is 12.8 Å². The summed E-state index contributed by atoms with van der Waals surface area (Å²) in [4.78, 5) is 38.3. The number of rotatable bonds is 54. The van der Waals surface area contributed by atoms with Gasteiger partial charge in [-0.15, -0.1) is 0 Å². The van der Waals surface area contributed by atoms with E-state index in [1.807, 2.05) is 0 Å². The van der Waals surface area contributed by atoms with Gasteiger partial charge in [0.05, 0.1) is 0 Å². The Kier molecular flexibility index (Phi) is 60.0. The van der Waals surface area contributed by atoms with E-state index in [2.05, 4.69) is 191 Å².